The quantitative estimate of drug-likeness (QED) is 0.186. The van der Waals surface area contributed by atoms with Crippen LogP contribution in [0.4, 0.5) is 5.13 Å². The van der Waals surface area contributed by atoms with Crippen LogP contribution in [0.5, 0.6) is 5.75 Å². The molecule has 4 aromatic rings. The minimum absolute atomic E-state index is 0.0674. The largest absolute Gasteiger partial charge is 0.494 e. The van der Waals surface area contributed by atoms with Crippen molar-refractivity contribution < 1.29 is 23.5 Å². The number of rotatable bonds is 8. The Hall–Kier alpha value is -3.69. The Labute approximate surface area is 227 Å². The first-order valence-corrected chi connectivity index (χ1v) is 13.4. The van der Waals surface area contributed by atoms with E-state index in [1.165, 1.54) is 18.1 Å². The molecule has 8 nitrogen and oxygen atoms in total. The van der Waals surface area contributed by atoms with E-state index in [0.29, 0.717) is 28.6 Å². The van der Waals surface area contributed by atoms with Crippen LogP contribution in [0.1, 0.15) is 69.3 Å². The molecule has 0 saturated carbocycles. The third kappa shape index (κ3) is 4.56. The maximum absolute atomic E-state index is 13.8. The first kappa shape index (κ1) is 25.9. The van der Waals surface area contributed by atoms with Gasteiger partial charge in [0.05, 0.1) is 36.4 Å². The van der Waals surface area contributed by atoms with Gasteiger partial charge in [-0.15, -0.1) is 0 Å². The zero-order valence-corrected chi connectivity index (χ0v) is 22.6. The number of unbranched alkanes of at least 4 members (excludes halogenated alkanes) is 2. The van der Waals surface area contributed by atoms with Gasteiger partial charge in [0.15, 0.2) is 10.6 Å². The molecule has 1 unspecified atom stereocenters. The fraction of sp³-hybridized carbons (Fsp3) is 0.286. The van der Waals surface area contributed by atoms with E-state index in [1.807, 2.05) is 24.3 Å². The first-order valence-electron chi connectivity index (χ1n) is 12.2. The second kappa shape index (κ2) is 10.6. The smallest absolute Gasteiger partial charge is 0.350 e. The summed E-state index contributed by atoms with van der Waals surface area (Å²) in [4.78, 5) is 46.0. The molecule has 196 valence electrons. The summed E-state index contributed by atoms with van der Waals surface area (Å²) in [7, 11) is 1.28. The lowest BCUT2D eigenvalue weighted by Crippen LogP contribution is -2.29. The summed E-state index contributed by atoms with van der Waals surface area (Å²) in [6, 6.07) is 11.1. The number of hydrogen-bond donors (Lipinski definition) is 0. The van der Waals surface area contributed by atoms with Crippen LogP contribution < -0.4 is 15.1 Å². The fourth-order valence-electron chi connectivity index (χ4n) is 4.51. The van der Waals surface area contributed by atoms with Crippen molar-refractivity contribution in [2.75, 3.05) is 18.6 Å². The number of halogens is 1. The summed E-state index contributed by atoms with van der Waals surface area (Å²) in [6.07, 6.45) is 3.14. The number of amides is 1. The van der Waals surface area contributed by atoms with Gasteiger partial charge in [0.25, 0.3) is 5.91 Å². The molecule has 2 aromatic carbocycles. The van der Waals surface area contributed by atoms with Gasteiger partial charge >= 0.3 is 5.97 Å². The van der Waals surface area contributed by atoms with Crippen LogP contribution in [-0.4, -0.2) is 30.6 Å². The van der Waals surface area contributed by atoms with E-state index >= 15 is 0 Å². The van der Waals surface area contributed by atoms with Crippen LogP contribution in [0.25, 0.3) is 11.0 Å². The predicted molar refractivity (Wildman–Crippen MR) is 146 cm³/mol. The summed E-state index contributed by atoms with van der Waals surface area (Å²) in [5.74, 6) is -0.450. The van der Waals surface area contributed by atoms with Crippen LogP contribution in [0, 0.1) is 6.92 Å². The van der Waals surface area contributed by atoms with Gasteiger partial charge in [0, 0.05) is 5.02 Å². The third-order valence-corrected chi connectivity index (χ3v) is 7.78. The van der Waals surface area contributed by atoms with Crippen molar-refractivity contribution in [1.29, 1.82) is 0 Å². The summed E-state index contributed by atoms with van der Waals surface area (Å²) in [6.45, 7) is 4.40. The van der Waals surface area contributed by atoms with Crippen LogP contribution in [0.2, 0.25) is 5.02 Å². The number of anilines is 1. The van der Waals surface area contributed by atoms with Crippen LogP contribution >= 0.6 is 22.9 Å². The van der Waals surface area contributed by atoms with Gasteiger partial charge in [-0.1, -0.05) is 54.8 Å². The average molecular weight is 553 g/mol. The van der Waals surface area contributed by atoms with Gasteiger partial charge < -0.3 is 13.9 Å². The lowest BCUT2D eigenvalue weighted by atomic mass is 9.98. The van der Waals surface area contributed by atoms with E-state index in [2.05, 4.69) is 11.9 Å². The normalized spacial score (nSPS) is 14.7. The predicted octanol–water partition coefficient (Wildman–Crippen LogP) is 6.32. The molecule has 0 radical (unpaired) electrons. The van der Waals surface area contributed by atoms with Gasteiger partial charge in [-0.2, -0.15) is 0 Å². The maximum atomic E-state index is 13.8. The van der Waals surface area contributed by atoms with Crippen molar-refractivity contribution in [3.8, 4) is 5.75 Å². The molecule has 38 heavy (non-hydrogen) atoms. The number of aromatic nitrogens is 1. The highest BCUT2D eigenvalue weighted by molar-refractivity contribution is 7.17. The summed E-state index contributed by atoms with van der Waals surface area (Å²) < 4.78 is 16.7. The van der Waals surface area contributed by atoms with Gasteiger partial charge in [-0.25, -0.2) is 9.78 Å². The Morgan fingerprint density at radius 2 is 1.92 bits per heavy atom. The number of thiazole rings is 1. The summed E-state index contributed by atoms with van der Waals surface area (Å²) >= 11 is 7.19. The van der Waals surface area contributed by atoms with Gasteiger partial charge in [-0.3, -0.25) is 14.5 Å². The highest BCUT2D eigenvalue weighted by Gasteiger charge is 2.45. The molecule has 5 rings (SSSR count). The second-order valence-corrected chi connectivity index (χ2v) is 10.3. The number of hydrogen-bond acceptors (Lipinski definition) is 8. The van der Waals surface area contributed by atoms with E-state index in [0.717, 1.165) is 30.6 Å². The minimum atomic E-state index is -0.831. The zero-order chi connectivity index (χ0) is 27.0. The highest BCUT2D eigenvalue weighted by atomic mass is 35.5. The maximum Gasteiger partial charge on any atom is 0.350 e. The molecule has 2 aromatic heterocycles. The number of ether oxygens (including phenoxy) is 2. The third-order valence-electron chi connectivity index (χ3n) is 6.41. The van der Waals surface area contributed by atoms with Crippen molar-refractivity contribution >= 4 is 50.9 Å². The van der Waals surface area contributed by atoms with Gasteiger partial charge in [0.1, 0.15) is 16.2 Å². The Morgan fingerprint density at radius 3 is 2.63 bits per heavy atom. The number of carbonyl (C=O) groups excluding carboxylic acids is 2. The number of aryl methyl sites for hydroxylation is 1. The fourth-order valence-corrected chi connectivity index (χ4v) is 5.70. The monoisotopic (exact) mass is 552 g/mol. The van der Waals surface area contributed by atoms with Crippen molar-refractivity contribution in [3.05, 3.63) is 85.2 Å². The number of carbonyl (C=O) groups is 2. The molecule has 0 fully saturated rings. The summed E-state index contributed by atoms with van der Waals surface area (Å²) in [5, 5.41) is 0.911. The molecule has 1 aliphatic heterocycles. The molecule has 0 spiro atoms. The standard InChI is InChI=1S/C28H25ClN2O6S/c1-4-5-6-13-36-18-10-7-16(8-11-18)22-21-23(32)19-14-17(29)9-12-20(19)37-24(21)26(33)31(22)28-30-15(2)25(38-28)27(34)35-3/h7-12,14,22H,4-6,13H2,1-3H3. The van der Waals surface area contributed by atoms with Crippen LogP contribution in [0.3, 0.4) is 0 Å². The number of esters is 1. The molecular formula is C28H25ClN2O6S. The highest BCUT2D eigenvalue weighted by Crippen LogP contribution is 2.43. The number of nitrogens with zero attached hydrogens (tertiary/aromatic N) is 2. The molecule has 1 atom stereocenters. The molecular weight excluding hydrogens is 528 g/mol. The lowest BCUT2D eigenvalue weighted by molar-refractivity contribution is 0.0605. The first-order chi connectivity index (χ1) is 18.3. The molecule has 10 heteroatoms. The average Bonchev–Trinajstić information content (AvgIpc) is 3.44. The number of fused-ring (bicyclic) bond motifs is 2. The lowest BCUT2D eigenvalue weighted by Gasteiger charge is -2.22. The Kier molecular flexibility index (Phi) is 7.23. The minimum Gasteiger partial charge on any atom is -0.494 e. The molecule has 0 N–H and O–H groups in total. The molecule has 1 aliphatic rings. The number of benzene rings is 2. The Morgan fingerprint density at radius 1 is 1.16 bits per heavy atom. The van der Waals surface area contributed by atoms with Crippen LogP contribution in [0.15, 0.2) is 51.7 Å². The van der Waals surface area contributed by atoms with E-state index in [4.69, 9.17) is 25.5 Å². The van der Waals surface area contributed by atoms with Crippen molar-refractivity contribution in [2.24, 2.45) is 0 Å². The number of methoxy groups -OCH3 is 1. The van der Waals surface area contributed by atoms with Gasteiger partial charge in [0.2, 0.25) is 5.76 Å². The van der Waals surface area contributed by atoms with Crippen molar-refractivity contribution in [1.82, 2.24) is 4.98 Å². The second-order valence-electron chi connectivity index (χ2n) is 8.92. The van der Waals surface area contributed by atoms with E-state index < -0.39 is 17.9 Å². The molecule has 0 bridgehead atoms. The van der Waals surface area contributed by atoms with E-state index in [1.54, 1.807) is 19.1 Å². The zero-order valence-electron chi connectivity index (χ0n) is 21.1. The van der Waals surface area contributed by atoms with Crippen molar-refractivity contribution in [2.45, 2.75) is 39.2 Å². The van der Waals surface area contributed by atoms with Crippen molar-refractivity contribution in [3.63, 3.8) is 0 Å². The summed E-state index contributed by atoms with van der Waals surface area (Å²) in [5.41, 5.74) is 1.18. The Bertz CT molecular complexity index is 1590. The Balaban J connectivity index is 1.64. The molecule has 0 saturated heterocycles. The van der Waals surface area contributed by atoms with E-state index in [-0.39, 0.29) is 37.7 Å². The molecule has 3 heterocycles. The topological polar surface area (TPSA) is 98.9 Å². The van der Waals surface area contributed by atoms with Crippen LogP contribution in [-0.2, 0) is 4.74 Å². The molecule has 0 aliphatic carbocycles. The SMILES string of the molecule is CCCCCOc1ccc(C2c3c(oc4ccc(Cl)cc4c3=O)C(=O)N2c2nc(C)c(C(=O)OC)s2)cc1. The van der Waals surface area contributed by atoms with Gasteiger partial charge in [-0.05, 0) is 49.2 Å². The molecule has 1 amide bonds. The van der Waals surface area contributed by atoms with E-state index in [9.17, 15) is 14.4 Å².